The van der Waals surface area contributed by atoms with Crippen LogP contribution in [0.3, 0.4) is 0 Å². The zero-order chi connectivity index (χ0) is 13.4. The Bertz CT molecular complexity index is 418. The van der Waals surface area contributed by atoms with Crippen molar-refractivity contribution in [1.82, 2.24) is 10.3 Å². The number of anilines is 1. The first-order valence-electron chi connectivity index (χ1n) is 6.16. The number of aryl methyl sites for hydroxylation is 1. The van der Waals surface area contributed by atoms with Gasteiger partial charge in [0.1, 0.15) is 5.82 Å². The van der Waals surface area contributed by atoms with Gasteiger partial charge in [-0.2, -0.15) is 0 Å². The second-order valence-electron chi connectivity index (χ2n) is 4.09. The van der Waals surface area contributed by atoms with Gasteiger partial charge in [0, 0.05) is 12.7 Å². The zero-order valence-corrected chi connectivity index (χ0v) is 10.8. The maximum Gasteiger partial charge on any atom is 0.314 e. The standard InChI is InChI=1S/C13H19N3O2/c1-3-4-5-8-15-12(17)13(18)16-11-10(2)7-6-9-14-11/h6-7,9H,3-5,8H2,1-2H3,(H,15,17)(H,14,16,18). The van der Waals surface area contributed by atoms with Gasteiger partial charge < -0.3 is 10.6 Å². The normalized spacial score (nSPS) is 9.89. The molecular formula is C13H19N3O2. The van der Waals surface area contributed by atoms with Crippen LogP contribution in [0.5, 0.6) is 0 Å². The predicted octanol–water partition coefficient (Wildman–Crippen LogP) is 1.63. The van der Waals surface area contributed by atoms with Crippen molar-refractivity contribution in [1.29, 1.82) is 0 Å². The predicted molar refractivity (Wildman–Crippen MR) is 70.1 cm³/mol. The van der Waals surface area contributed by atoms with Crippen molar-refractivity contribution in [3.8, 4) is 0 Å². The first-order chi connectivity index (χ1) is 8.65. The molecule has 0 aromatic carbocycles. The number of rotatable bonds is 5. The molecule has 0 spiro atoms. The molecule has 0 fully saturated rings. The molecule has 0 radical (unpaired) electrons. The average molecular weight is 249 g/mol. The topological polar surface area (TPSA) is 71.1 Å². The molecule has 98 valence electrons. The number of amides is 2. The van der Waals surface area contributed by atoms with Crippen molar-refractivity contribution < 1.29 is 9.59 Å². The maximum absolute atomic E-state index is 11.6. The lowest BCUT2D eigenvalue weighted by molar-refractivity contribution is -0.136. The highest BCUT2D eigenvalue weighted by Gasteiger charge is 2.14. The Morgan fingerprint density at radius 3 is 2.72 bits per heavy atom. The molecule has 0 aliphatic heterocycles. The highest BCUT2D eigenvalue weighted by atomic mass is 16.2. The molecule has 18 heavy (non-hydrogen) atoms. The fourth-order valence-electron chi connectivity index (χ4n) is 1.44. The minimum atomic E-state index is -0.673. The van der Waals surface area contributed by atoms with Crippen LogP contribution in [0.1, 0.15) is 31.7 Å². The Kier molecular flexibility index (Phi) is 5.84. The lowest BCUT2D eigenvalue weighted by Gasteiger charge is -2.07. The monoisotopic (exact) mass is 249 g/mol. The van der Waals surface area contributed by atoms with Crippen molar-refractivity contribution in [2.45, 2.75) is 33.1 Å². The summed E-state index contributed by atoms with van der Waals surface area (Å²) in [5.41, 5.74) is 0.824. The molecule has 5 heteroatoms. The van der Waals surface area contributed by atoms with E-state index in [4.69, 9.17) is 0 Å². The number of hydrogen-bond donors (Lipinski definition) is 2. The van der Waals surface area contributed by atoms with Gasteiger partial charge in [-0.1, -0.05) is 25.8 Å². The number of nitrogens with one attached hydrogen (secondary N) is 2. The van der Waals surface area contributed by atoms with E-state index < -0.39 is 11.8 Å². The maximum atomic E-state index is 11.6. The average Bonchev–Trinajstić information content (AvgIpc) is 2.37. The fourth-order valence-corrected chi connectivity index (χ4v) is 1.44. The third kappa shape index (κ3) is 4.53. The molecule has 5 nitrogen and oxygen atoms in total. The van der Waals surface area contributed by atoms with Gasteiger partial charge in [-0.15, -0.1) is 0 Å². The summed E-state index contributed by atoms with van der Waals surface area (Å²) in [5.74, 6) is -0.865. The Balaban J connectivity index is 2.41. The summed E-state index contributed by atoms with van der Waals surface area (Å²) in [5, 5.41) is 5.07. The van der Waals surface area contributed by atoms with Crippen LogP contribution in [-0.2, 0) is 9.59 Å². The van der Waals surface area contributed by atoms with Gasteiger partial charge in [0.2, 0.25) is 0 Å². The molecule has 2 amide bonds. The molecule has 0 bridgehead atoms. The Hall–Kier alpha value is -1.91. The van der Waals surface area contributed by atoms with Crippen LogP contribution in [0.15, 0.2) is 18.3 Å². The third-order valence-electron chi connectivity index (χ3n) is 2.51. The van der Waals surface area contributed by atoms with E-state index in [1.54, 1.807) is 12.3 Å². The van der Waals surface area contributed by atoms with Gasteiger partial charge in [-0.05, 0) is 25.0 Å². The van der Waals surface area contributed by atoms with Crippen LogP contribution >= 0.6 is 0 Å². The van der Waals surface area contributed by atoms with Crippen LogP contribution in [0, 0.1) is 6.92 Å². The second kappa shape index (κ2) is 7.42. The first kappa shape index (κ1) is 14.2. The SMILES string of the molecule is CCCCCNC(=O)C(=O)Nc1ncccc1C. The van der Waals surface area contributed by atoms with Crippen LogP contribution < -0.4 is 10.6 Å². The van der Waals surface area contributed by atoms with E-state index in [0.29, 0.717) is 12.4 Å². The third-order valence-corrected chi connectivity index (χ3v) is 2.51. The quantitative estimate of drug-likeness (QED) is 0.615. The molecule has 1 heterocycles. The summed E-state index contributed by atoms with van der Waals surface area (Å²) in [6.45, 7) is 4.43. The number of hydrogen-bond acceptors (Lipinski definition) is 3. The molecule has 0 atom stereocenters. The van der Waals surface area contributed by atoms with Crippen LogP contribution in [0.4, 0.5) is 5.82 Å². The van der Waals surface area contributed by atoms with Gasteiger partial charge in [0.05, 0.1) is 0 Å². The van der Waals surface area contributed by atoms with Crippen molar-refractivity contribution in [3.63, 3.8) is 0 Å². The number of carbonyl (C=O) groups is 2. The number of aromatic nitrogens is 1. The summed E-state index contributed by atoms with van der Waals surface area (Å²) in [6, 6.07) is 3.59. The Morgan fingerprint density at radius 1 is 1.28 bits per heavy atom. The van der Waals surface area contributed by atoms with Gasteiger partial charge in [0.15, 0.2) is 0 Å². The van der Waals surface area contributed by atoms with Crippen molar-refractivity contribution >= 4 is 17.6 Å². The summed E-state index contributed by atoms with van der Waals surface area (Å²) < 4.78 is 0. The van der Waals surface area contributed by atoms with E-state index in [1.165, 1.54) is 0 Å². The van der Waals surface area contributed by atoms with E-state index in [0.717, 1.165) is 24.8 Å². The zero-order valence-electron chi connectivity index (χ0n) is 10.8. The van der Waals surface area contributed by atoms with E-state index >= 15 is 0 Å². The Labute approximate surface area is 107 Å². The molecule has 1 aromatic rings. The van der Waals surface area contributed by atoms with E-state index in [2.05, 4.69) is 22.5 Å². The number of unbranched alkanes of at least 4 members (excludes halogenated alkanes) is 2. The van der Waals surface area contributed by atoms with Gasteiger partial charge >= 0.3 is 11.8 Å². The van der Waals surface area contributed by atoms with Crippen LogP contribution in [0.2, 0.25) is 0 Å². The highest BCUT2D eigenvalue weighted by Crippen LogP contribution is 2.08. The lowest BCUT2D eigenvalue weighted by atomic mass is 10.2. The fraction of sp³-hybridized carbons (Fsp3) is 0.462. The molecule has 0 aliphatic rings. The van der Waals surface area contributed by atoms with Crippen molar-refractivity contribution in [3.05, 3.63) is 23.9 Å². The minimum Gasteiger partial charge on any atom is -0.348 e. The smallest absolute Gasteiger partial charge is 0.314 e. The van der Waals surface area contributed by atoms with Gasteiger partial charge in [-0.3, -0.25) is 9.59 Å². The highest BCUT2D eigenvalue weighted by molar-refractivity contribution is 6.39. The molecule has 0 aliphatic carbocycles. The van der Waals surface area contributed by atoms with E-state index in [1.807, 2.05) is 13.0 Å². The molecular weight excluding hydrogens is 230 g/mol. The summed E-state index contributed by atoms with van der Waals surface area (Å²) in [6.07, 6.45) is 4.58. The second-order valence-corrected chi connectivity index (χ2v) is 4.09. The Morgan fingerprint density at radius 2 is 2.06 bits per heavy atom. The summed E-state index contributed by atoms with van der Waals surface area (Å²) >= 11 is 0. The van der Waals surface area contributed by atoms with Crippen LogP contribution in [-0.4, -0.2) is 23.3 Å². The largest absolute Gasteiger partial charge is 0.348 e. The van der Waals surface area contributed by atoms with Gasteiger partial charge in [0.25, 0.3) is 0 Å². The molecule has 0 saturated carbocycles. The molecule has 2 N–H and O–H groups in total. The minimum absolute atomic E-state index is 0.422. The summed E-state index contributed by atoms with van der Waals surface area (Å²) in [4.78, 5) is 27.0. The number of carbonyl (C=O) groups excluding carboxylic acids is 2. The molecule has 1 rings (SSSR count). The van der Waals surface area contributed by atoms with Crippen LogP contribution in [0.25, 0.3) is 0 Å². The number of nitrogens with zero attached hydrogens (tertiary/aromatic N) is 1. The molecule has 0 unspecified atom stereocenters. The van der Waals surface area contributed by atoms with E-state index in [-0.39, 0.29) is 0 Å². The van der Waals surface area contributed by atoms with Crippen molar-refractivity contribution in [2.24, 2.45) is 0 Å². The number of pyridine rings is 1. The van der Waals surface area contributed by atoms with E-state index in [9.17, 15) is 9.59 Å². The molecule has 1 aromatic heterocycles. The first-order valence-corrected chi connectivity index (χ1v) is 6.16. The van der Waals surface area contributed by atoms with Gasteiger partial charge in [-0.25, -0.2) is 4.98 Å². The lowest BCUT2D eigenvalue weighted by Crippen LogP contribution is -2.36. The molecule has 0 saturated heterocycles. The summed E-state index contributed by atoms with van der Waals surface area (Å²) in [7, 11) is 0. The van der Waals surface area contributed by atoms with Crippen molar-refractivity contribution in [2.75, 3.05) is 11.9 Å².